The van der Waals surface area contributed by atoms with Crippen molar-refractivity contribution in [2.24, 2.45) is 0 Å². The first-order chi connectivity index (χ1) is 11.2. The first kappa shape index (κ1) is 14.7. The number of carbonyl (C=O) groups excluding carboxylic acids is 1. The van der Waals surface area contributed by atoms with Gasteiger partial charge in [-0.2, -0.15) is 0 Å². The molecular formula is C18H16N2OS2. The van der Waals surface area contributed by atoms with Crippen molar-refractivity contribution in [3.63, 3.8) is 0 Å². The highest BCUT2D eigenvalue weighted by Crippen LogP contribution is 2.31. The lowest BCUT2D eigenvalue weighted by molar-refractivity contribution is -0.118. The number of amides is 1. The third kappa shape index (κ3) is 2.44. The van der Waals surface area contributed by atoms with Crippen LogP contribution in [0.1, 0.15) is 12.5 Å². The minimum Gasteiger partial charge on any atom is -0.341 e. The highest BCUT2D eigenvalue weighted by Gasteiger charge is 2.29. The Kier molecular flexibility index (Phi) is 3.62. The summed E-state index contributed by atoms with van der Waals surface area (Å²) in [5, 5.41) is 5.13. The second-order valence-electron chi connectivity index (χ2n) is 5.70. The first-order valence-corrected chi connectivity index (χ1v) is 8.97. The highest BCUT2D eigenvalue weighted by atomic mass is 32.2. The summed E-state index contributed by atoms with van der Waals surface area (Å²) in [6, 6.07) is 15.0. The number of nitrogens with one attached hydrogen (secondary N) is 1. The molecule has 4 rings (SSSR count). The number of thioether (sulfide) groups is 1. The molecule has 3 nitrogen and oxygen atoms in total. The lowest BCUT2D eigenvalue weighted by Gasteiger charge is -2.07. The average molecular weight is 340 g/mol. The number of fused-ring (bicyclic) bond motifs is 3. The van der Waals surface area contributed by atoms with Crippen molar-refractivity contribution >= 4 is 56.0 Å². The van der Waals surface area contributed by atoms with Crippen LogP contribution in [-0.2, 0) is 17.8 Å². The number of nitrogens with zero attached hydrogens (tertiary/aromatic N) is 1. The normalized spacial score (nSPS) is 18.0. The number of aromatic nitrogens is 1. The van der Waals surface area contributed by atoms with E-state index in [9.17, 15) is 4.79 Å². The van der Waals surface area contributed by atoms with E-state index in [1.165, 1.54) is 39.1 Å². The SMILES string of the molecule is CCn1c2ccccc2c2cc(CC3SC(=S)NC3=O)ccc21. The van der Waals surface area contributed by atoms with Crippen LogP contribution in [-0.4, -0.2) is 20.0 Å². The molecule has 116 valence electrons. The van der Waals surface area contributed by atoms with E-state index < -0.39 is 0 Å². The summed E-state index contributed by atoms with van der Waals surface area (Å²) < 4.78 is 2.92. The zero-order valence-electron chi connectivity index (χ0n) is 12.7. The largest absolute Gasteiger partial charge is 0.341 e. The predicted molar refractivity (Wildman–Crippen MR) is 101 cm³/mol. The Labute approximate surface area is 144 Å². The van der Waals surface area contributed by atoms with Crippen LogP contribution in [0.3, 0.4) is 0 Å². The van der Waals surface area contributed by atoms with Crippen molar-refractivity contribution in [3.05, 3.63) is 48.0 Å². The van der Waals surface area contributed by atoms with Gasteiger partial charge < -0.3 is 9.88 Å². The summed E-state index contributed by atoms with van der Waals surface area (Å²) in [6.45, 7) is 3.11. The minimum absolute atomic E-state index is 0.0242. The van der Waals surface area contributed by atoms with Crippen LogP contribution in [0.5, 0.6) is 0 Å². The molecule has 1 aromatic heterocycles. The molecule has 1 amide bonds. The third-order valence-electron chi connectivity index (χ3n) is 4.34. The van der Waals surface area contributed by atoms with Crippen LogP contribution in [0.25, 0.3) is 21.8 Å². The summed E-state index contributed by atoms with van der Waals surface area (Å²) in [5.74, 6) is 0.0242. The van der Waals surface area contributed by atoms with Gasteiger partial charge >= 0.3 is 0 Å². The second-order valence-corrected chi connectivity index (χ2v) is 7.58. The number of thiocarbonyl (C=S) groups is 1. The Morgan fingerprint density at radius 2 is 1.96 bits per heavy atom. The van der Waals surface area contributed by atoms with E-state index in [1.807, 2.05) is 0 Å². The van der Waals surface area contributed by atoms with Crippen molar-refractivity contribution in [2.45, 2.75) is 25.1 Å². The van der Waals surface area contributed by atoms with E-state index in [2.05, 4.69) is 59.3 Å². The topological polar surface area (TPSA) is 34.0 Å². The molecule has 5 heteroatoms. The summed E-state index contributed by atoms with van der Waals surface area (Å²) in [7, 11) is 0. The molecule has 0 aliphatic carbocycles. The molecule has 2 aromatic carbocycles. The number of carbonyl (C=O) groups is 1. The quantitative estimate of drug-likeness (QED) is 0.735. The maximum Gasteiger partial charge on any atom is 0.239 e. The molecule has 0 bridgehead atoms. The fraction of sp³-hybridized carbons (Fsp3) is 0.222. The lowest BCUT2D eigenvalue weighted by atomic mass is 10.1. The van der Waals surface area contributed by atoms with Crippen molar-refractivity contribution in [1.82, 2.24) is 9.88 Å². The van der Waals surface area contributed by atoms with Crippen LogP contribution in [0.2, 0.25) is 0 Å². The van der Waals surface area contributed by atoms with E-state index in [-0.39, 0.29) is 11.2 Å². The predicted octanol–water partition coefficient (Wildman–Crippen LogP) is 3.87. The molecule has 0 radical (unpaired) electrons. The van der Waals surface area contributed by atoms with Gasteiger partial charge in [-0.3, -0.25) is 4.79 Å². The molecule has 0 saturated carbocycles. The van der Waals surface area contributed by atoms with Gasteiger partial charge in [0.05, 0.1) is 5.25 Å². The van der Waals surface area contributed by atoms with Crippen molar-refractivity contribution in [1.29, 1.82) is 0 Å². The number of para-hydroxylation sites is 1. The number of hydrogen-bond donors (Lipinski definition) is 1. The molecule has 23 heavy (non-hydrogen) atoms. The minimum atomic E-state index is -0.112. The molecule has 1 N–H and O–H groups in total. The lowest BCUT2D eigenvalue weighted by Crippen LogP contribution is -2.25. The summed E-state index contributed by atoms with van der Waals surface area (Å²) in [4.78, 5) is 11.9. The molecule has 1 fully saturated rings. The smallest absolute Gasteiger partial charge is 0.239 e. The van der Waals surface area contributed by atoms with Crippen LogP contribution in [0.15, 0.2) is 42.5 Å². The van der Waals surface area contributed by atoms with E-state index in [0.29, 0.717) is 10.7 Å². The van der Waals surface area contributed by atoms with Gasteiger partial charge in [-0.05, 0) is 37.1 Å². The molecule has 1 aliphatic rings. The van der Waals surface area contributed by atoms with Gasteiger partial charge in [0.15, 0.2) is 0 Å². The van der Waals surface area contributed by atoms with Crippen LogP contribution >= 0.6 is 24.0 Å². The van der Waals surface area contributed by atoms with Gasteiger partial charge in [-0.25, -0.2) is 0 Å². The molecule has 0 spiro atoms. The van der Waals surface area contributed by atoms with Gasteiger partial charge in [-0.15, -0.1) is 0 Å². The fourth-order valence-electron chi connectivity index (χ4n) is 3.31. The number of aryl methyl sites for hydroxylation is 1. The highest BCUT2D eigenvalue weighted by molar-refractivity contribution is 8.24. The van der Waals surface area contributed by atoms with Crippen LogP contribution in [0, 0.1) is 0 Å². The number of benzene rings is 2. The van der Waals surface area contributed by atoms with Gasteiger partial charge in [0.25, 0.3) is 0 Å². The van der Waals surface area contributed by atoms with Crippen molar-refractivity contribution in [2.75, 3.05) is 0 Å². The Morgan fingerprint density at radius 3 is 2.70 bits per heavy atom. The van der Waals surface area contributed by atoms with Gasteiger partial charge in [-0.1, -0.05) is 48.2 Å². The van der Waals surface area contributed by atoms with Crippen LogP contribution in [0.4, 0.5) is 0 Å². The number of rotatable bonds is 3. The van der Waals surface area contributed by atoms with E-state index in [1.54, 1.807) is 0 Å². The van der Waals surface area contributed by atoms with Crippen molar-refractivity contribution in [3.8, 4) is 0 Å². The zero-order chi connectivity index (χ0) is 16.0. The van der Waals surface area contributed by atoms with Gasteiger partial charge in [0.1, 0.15) is 4.32 Å². The molecule has 1 atom stereocenters. The molecule has 1 unspecified atom stereocenters. The maximum atomic E-state index is 11.9. The molecular weight excluding hydrogens is 324 g/mol. The van der Waals surface area contributed by atoms with E-state index in [0.717, 1.165) is 6.54 Å². The van der Waals surface area contributed by atoms with Crippen molar-refractivity contribution < 1.29 is 4.79 Å². The third-order valence-corrected chi connectivity index (χ3v) is 5.71. The summed E-state index contributed by atoms with van der Waals surface area (Å²) in [6.07, 6.45) is 0.707. The van der Waals surface area contributed by atoms with Crippen LogP contribution < -0.4 is 5.32 Å². The van der Waals surface area contributed by atoms with Gasteiger partial charge in [0.2, 0.25) is 5.91 Å². The monoisotopic (exact) mass is 340 g/mol. The molecule has 1 saturated heterocycles. The molecule has 2 heterocycles. The second kappa shape index (κ2) is 5.65. The first-order valence-electron chi connectivity index (χ1n) is 7.68. The van der Waals surface area contributed by atoms with E-state index >= 15 is 0 Å². The van der Waals surface area contributed by atoms with Gasteiger partial charge in [0, 0.05) is 28.4 Å². The standard InChI is InChI=1S/C18H16N2OS2/c1-2-20-14-6-4-3-5-12(14)13-9-11(7-8-15(13)20)10-16-17(21)19-18(22)23-16/h3-9,16H,2,10H2,1H3,(H,19,21,22). The number of hydrogen-bond acceptors (Lipinski definition) is 3. The Hall–Kier alpha value is -1.85. The molecule has 3 aromatic rings. The van der Waals surface area contributed by atoms with E-state index in [4.69, 9.17) is 12.2 Å². The summed E-state index contributed by atoms with van der Waals surface area (Å²) in [5.41, 5.74) is 3.68. The molecule has 1 aliphatic heterocycles. The Bertz CT molecular complexity index is 945. The fourth-order valence-corrected chi connectivity index (χ4v) is 4.62. The Balaban J connectivity index is 1.80. The average Bonchev–Trinajstić information content (AvgIpc) is 3.04. The Morgan fingerprint density at radius 1 is 1.17 bits per heavy atom. The zero-order valence-corrected chi connectivity index (χ0v) is 14.3. The summed E-state index contributed by atoms with van der Waals surface area (Å²) >= 11 is 6.53. The maximum absolute atomic E-state index is 11.9.